The minimum Gasteiger partial charge on any atom is -0.475 e. The van der Waals surface area contributed by atoms with Gasteiger partial charge in [-0.2, -0.15) is 39.5 Å². The Morgan fingerprint density at radius 3 is 1.60 bits per heavy atom. The molecule has 0 bridgehead atoms. The fourth-order valence-electron chi connectivity index (χ4n) is 4.21. The number of alkyl halides is 9. The van der Waals surface area contributed by atoms with Gasteiger partial charge in [-0.15, -0.1) is 0 Å². The van der Waals surface area contributed by atoms with Gasteiger partial charge in [-0.3, -0.25) is 9.69 Å². The molecule has 296 valence electrons. The van der Waals surface area contributed by atoms with Crippen LogP contribution >= 0.6 is 0 Å². The molecule has 1 aromatic heterocycles. The molecule has 0 atom stereocenters. The van der Waals surface area contributed by atoms with Crippen molar-refractivity contribution in [1.29, 1.82) is 0 Å². The number of rotatable bonds is 10. The molecule has 5 N–H and O–H groups in total. The minimum absolute atomic E-state index is 0.123. The van der Waals surface area contributed by atoms with Crippen molar-refractivity contribution < 1.29 is 78.4 Å². The molecule has 0 aliphatic carbocycles. The van der Waals surface area contributed by atoms with Crippen LogP contribution in [0.15, 0.2) is 33.5 Å². The fraction of sp³-hybridized carbons (Fsp3) is 0.567. The molecule has 2 heterocycles. The third-order valence-electron chi connectivity index (χ3n) is 6.89. The molecule has 0 spiro atoms. The summed E-state index contributed by atoms with van der Waals surface area (Å²) in [5, 5.41) is 22.1. The van der Waals surface area contributed by atoms with Crippen molar-refractivity contribution in [3.63, 3.8) is 0 Å². The summed E-state index contributed by atoms with van der Waals surface area (Å²) in [5.41, 5.74) is 6.63. The number of amides is 1. The Morgan fingerprint density at radius 2 is 1.19 bits per heavy atom. The maximum absolute atomic E-state index is 13.0. The van der Waals surface area contributed by atoms with Crippen LogP contribution in [0.3, 0.4) is 0 Å². The molecular weight excluding hydrogens is 731 g/mol. The van der Waals surface area contributed by atoms with E-state index in [0.29, 0.717) is 18.7 Å². The second kappa shape index (κ2) is 21.7. The number of halogens is 9. The van der Waals surface area contributed by atoms with E-state index in [0.717, 1.165) is 63.2 Å². The maximum Gasteiger partial charge on any atom is 0.490 e. The number of piperazine rings is 1. The maximum atomic E-state index is 13.0. The number of nitrogens with zero attached hydrogens (tertiary/aromatic N) is 3. The molecule has 1 aliphatic rings. The van der Waals surface area contributed by atoms with Gasteiger partial charge < -0.3 is 35.3 Å². The zero-order chi connectivity index (χ0) is 40.4. The van der Waals surface area contributed by atoms with Gasteiger partial charge in [-0.1, -0.05) is 12.8 Å². The highest BCUT2D eigenvalue weighted by Crippen LogP contribution is 2.23. The topological polar surface area (TPSA) is 195 Å². The lowest BCUT2D eigenvalue weighted by Gasteiger charge is -2.34. The third kappa shape index (κ3) is 17.6. The first-order valence-corrected chi connectivity index (χ1v) is 15.3. The monoisotopic (exact) mass is 770 g/mol. The van der Waals surface area contributed by atoms with Gasteiger partial charge in [0.1, 0.15) is 11.1 Å². The van der Waals surface area contributed by atoms with Crippen molar-refractivity contribution in [2.75, 3.05) is 57.3 Å². The number of carboxylic acid groups (broad SMARTS) is 3. The molecule has 0 saturated carbocycles. The van der Waals surface area contributed by atoms with Crippen molar-refractivity contribution in [3.8, 4) is 0 Å². The lowest BCUT2D eigenvalue weighted by molar-refractivity contribution is -0.193. The van der Waals surface area contributed by atoms with Gasteiger partial charge in [0, 0.05) is 56.4 Å². The Bertz CT molecular complexity index is 1450. The Kier molecular flexibility index (Phi) is 19.8. The van der Waals surface area contributed by atoms with E-state index in [9.17, 15) is 49.1 Å². The predicted octanol–water partition coefficient (Wildman–Crippen LogP) is 4.82. The van der Waals surface area contributed by atoms with Crippen LogP contribution in [0.4, 0.5) is 45.2 Å². The smallest absolute Gasteiger partial charge is 0.475 e. The lowest BCUT2D eigenvalue weighted by Crippen LogP contribution is -2.49. The van der Waals surface area contributed by atoms with Crippen LogP contribution in [0.2, 0.25) is 0 Å². The van der Waals surface area contributed by atoms with E-state index in [-0.39, 0.29) is 11.5 Å². The summed E-state index contributed by atoms with van der Waals surface area (Å²) in [6, 6.07) is 7.49. The highest BCUT2D eigenvalue weighted by Gasteiger charge is 2.39. The Balaban J connectivity index is 0.00000101. The predicted molar refractivity (Wildman–Crippen MR) is 167 cm³/mol. The van der Waals surface area contributed by atoms with Crippen LogP contribution in [-0.2, 0) is 14.4 Å². The molecule has 0 unspecified atom stereocenters. The summed E-state index contributed by atoms with van der Waals surface area (Å²) in [7, 11) is 0. The van der Waals surface area contributed by atoms with Gasteiger partial charge in [0.15, 0.2) is 0 Å². The minimum atomic E-state index is -5.08. The number of aliphatic carboxylic acids is 3. The largest absolute Gasteiger partial charge is 0.490 e. The van der Waals surface area contributed by atoms with Gasteiger partial charge in [0.25, 0.3) is 5.91 Å². The summed E-state index contributed by atoms with van der Waals surface area (Å²) in [5.74, 6) is -8.50. The number of carbonyl (C=O) groups excluding carboxylic acids is 1. The highest BCUT2D eigenvalue weighted by molar-refractivity contribution is 5.97. The number of fused-ring (bicyclic) bond motifs is 1. The number of carboxylic acids is 3. The SMILES string of the molecule is CCN(CC)c1ccc2cc(C(=O)N3CCN(CCCCCCN)CC3)c(=O)oc2c1.O=C(O)C(F)(F)F.O=C(O)C(F)(F)F.O=C(O)C(F)(F)F. The number of carbonyl (C=O) groups is 4. The first-order chi connectivity index (χ1) is 23.9. The van der Waals surface area contributed by atoms with E-state index in [1.807, 2.05) is 18.2 Å². The average Bonchev–Trinajstić information content (AvgIpc) is 3.04. The van der Waals surface area contributed by atoms with Crippen LogP contribution < -0.4 is 16.3 Å². The fourth-order valence-corrected chi connectivity index (χ4v) is 4.21. The molecule has 2 aromatic rings. The van der Waals surface area contributed by atoms with E-state index < -0.39 is 42.1 Å². The number of hydrogen-bond acceptors (Lipinski definition) is 9. The normalized spacial score (nSPS) is 13.4. The summed E-state index contributed by atoms with van der Waals surface area (Å²) >= 11 is 0. The number of unbranched alkanes of at least 4 members (excludes halogenated alkanes) is 3. The van der Waals surface area contributed by atoms with Crippen molar-refractivity contribution in [3.05, 3.63) is 40.2 Å². The van der Waals surface area contributed by atoms with Gasteiger partial charge in [-0.25, -0.2) is 19.2 Å². The zero-order valence-electron chi connectivity index (χ0n) is 27.9. The van der Waals surface area contributed by atoms with Crippen LogP contribution in [0.5, 0.6) is 0 Å². The molecule has 0 radical (unpaired) electrons. The van der Waals surface area contributed by atoms with E-state index in [4.69, 9.17) is 39.9 Å². The quantitative estimate of drug-likeness (QED) is 0.147. The summed E-state index contributed by atoms with van der Waals surface area (Å²) in [6.45, 7) is 10.7. The second-order valence-electron chi connectivity index (χ2n) is 10.6. The van der Waals surface area contributed by atoms with Crippen LogP contribution in [0.1, 0.15) is 49.9 Å². The van der Waals surface area contributed by atoms with Crippen molar-refractivity contribution in [2.24, 2.45) is 5.73 Å². The Morgan fingerprint density at radius 1 is 0.750 bits per heavy atom. The molecule has 1 aliphatic heterocycles. The third-order valence-corrected chi connectivity index (χ3v) is 6.89. The molecule has 1 aromatic carbocycles. The second-order valence-corrected chi connectivity index (χ2v) is 10.6. The zero-order valence-corrected chi connectivity index (χ0v) is 27.9. The van der Waals surface area contributed by atoms with Gasteiger partial charge in [0.05, 0.1) is 0 Å². The van der Waals surface area contributed by atoms with E-state index >= 15 is 0 Å². The molecule has 52 heavy (non-hydrogen) atoms. The molecule has 1 amide bonds. The van der Waals surface area contributed by atoms with E-state index in [1.165, 1.54) is 12.8 Å². The first-order valence-electron chi connectivity index (χ1n) is 15.3. The standard InChI is InChI=1S/C24H36N4O3.3C2HF3O2/c1-3-27(4-2)20-10-9-19-17-21(24(30)31-22(19)18-20)23(29)28-15-13-26(14-16-28)12-8-6-5-7-11-25;3*3-2(4,5)1(6)7/h9-10,17-18H,3-8,11-16,25H2,1-2H3;3*(H,6,7). The molecule has 1 fully saturated rings. The number of benzene rings is 1. The van der Waals surface area contributed by atoms with E-state index in [1.54, 1.807) is 11.0 Å². The summed E-state index contributed by atoms with van der Waals surface area (Å²) < 4.78 is 101. The van der Waals surface area contributed by atoms with Crippen LogP contribution in [0.25, 0.3) is 11.0 Å². The van der Waals surface area contributed by atoms with Gasteiger partial charge in [-0.05, 0) is 58.0 Å². The van der Waals surface area contributed by atoms with Gasteiger partial charge >= 0.3 is 42.1 Å². The molecule has 3 rings (SSSR count). The Labute approximate surface area is 290 Å². The average molecular weight is 771 g/mol. The molecular formula is C30H39F9N4O9. The van der Waals surface area contributed by atoms with Crippen LogP contribution in [-0.4, -0.2) is 120 Å². The van der Waals surface area contributed by atoms with E-state index in [2.05, 4.69) is 23.6 Å². The first kappa shape index (κ1) is 47.4. The van der Waals surface area contributed by atoms with Gasteiger partial charge in [0.2, 0.25) is 0 Å². The van der Waals surface area contributed by atoms with Crippen LogP contribution in [0, 0.1) is 0 Å². The number of nitrogens with two attached hydrogens (primary N) is 1. The Hall–Kier alpha value is -4.60. The number of anilines is 1. The molecule has 22 heteroatoms. The van der Waals surface area contributed by atoms with Crippen molar-refractivity contribution in [2.45, 2.75) is 58.1 Å². The molecule has 1 saturated heterocycles. The van der Waals surface area contributed by atoms with Crippen molar-refractivity contribution >= 4 is 40.5 Å². The lowest BCUT2D eigenvalue weighted by atomic mass is 10.1. The highest BCUT2D eigenvalue weighted by atomic mass is 19.4. The number of hydrogen-bond donors (Lipinski definition) is 4. The summed E-state index contributed by atoms with van der Waals surface area (Å²) in [6.07, 6.45) is -10.6. The van der Waals surface area contributed by atoms with Crippen molar-refractivity contribution in [1.82, 2.24) is 9.80 Å². The molecule has 13 nitrogen and oxygen atoms in total. The summed E-state index contributed by atoms with van der Waals surface area (Å²) in [4.78, 5) is 58.6.